The van der Waals surface area contributed by atoms with Crippen LogP contribution in [0.3, 0.4) is 0 Å². The minimum atomic E-state index is 0.185. The molecule has 2 aliphatic rings. The second kappa shape index (κ2) is 6.74. The number of carbonyl (C=O) groups excluding carboxylic acids is 1. The predicted molar refractivity (Wildman–Crippen MR) is 102 cm³/mol. The molecule has 1 atom stereocenters. The first-order chi connectivity index (χ1) is 12.0. The Balaban J connectivity index is 1.29. The zero-order valence-electron chi connectivity index (χ0n) is 14.5. The van der Waals surface area contributed by atoms with E-state index >= 15 is 0 Å². The maximum atomic E-state index is 12.6. The number of rotatable bonds is 4. The van der Waals surface area contributed by atoms with Crippen molar-refractivity contribution in [2.45, 2.75) is 37.7 Å². The maximum Gasteiger partial charge on any atom is 0.264 e. The molecule has 4 nitrogen and oxygen atoms in total. The van der Waals surface area contributed by atoms with Gasteiger partial charge in [0.05, 0.1) is 28.0 Å². The standard InChI is InChI=1S/C19H22N2O2S2/c1-13-7-17(25-14(13)2)18(22)21-11-19(12-21)8-16(10-24-19)23-9-15-5-3-4-6-20-15/h3-7,16H,8-12H2,1-2H3/t16-/m1/s1. The quantitative estimate of drug-likeness (QED) is 0.819. The van der Waals surface area contributed by atoms with E-state index in [0.717, 1.165) is 35.8 Å². The molecule has 0 N–H and O–H groups in total. The molecule has 0 radical (unpaired) electrons. The third kappa shape index (κ3) is 3.48. The van der Waals surface area contributed by atoms with Gasteiger partial charge in [-0.05, 0) is 44.0 Å². The highest BCUT2D eigenvalue weighted by Gasteiger charge is 2.51. The van der Waals surface area contributed by atoms with E-state index in [2.05, 4.69) is 18.8 Å². The van der Waals surface area contributed by atoms with Gasteiger partial charge in [0.15, 0.2) is 0 Å². The van der Waals surface area contributed by atoms with Gasteiger partial charge in [-0.25, -0.2) is 0 Å². The number of hydrogen-bond donors (Lipinski definition) is 0. The number of hydrogen-bond acceptors (Lipinski definition) is 5. The summed E-state index contributed by atoms with van der Waals surface area (Å²) in [5, 5.41) is 0. The molecule has 2 aromatic heterocycles. The fourth-order valence-electron chi connectivity index (χ4n) is 3.44. The smallest absolute Gasteiger partial charge is 0.264 e. The lowest BCUT2D eigenvalue weighted by Gasteiger charge is -2.47. The van der Waals surface area contributed by atoms with Crippen LogP contribution in [0, 0.1) is 13.8 Å². The number of pyridine rings is 1. The molecule has 0 saturated carbocycles. The number of aromatic nitrogens is 1. The summed E-state index contributed by atoms with van der Waals surface area (Å²) in [6.45, 7) is 6.39. The van der Waals surface area contributed by atoms with E-state index in [1.165, 1.54) is 10.4 Å². The van der Waals surface area contributed by atoms with Crippen molar-refractivity contribution in [3.63, 3.8) is 0 Å². The van der Waals surface area contributed by atoms with Crippen LogP contribution in [0.25, 0.3) is 0 Å². The van der Waals surface area contributed by atoms with Gasteiger partial charge in [0.2, 0.25) is 0 Å². The Bertz CT molecular complexity index is 749. The Morgan fingerprint density at radius 1 is 1.40 bits per heavy atom. The van der Waals surface area contributed by atoms with Gasteiger partial charge in [-0.15, -0.1) is 23.1 Å². The summed E-state index contributed by atoms with van der Waals surface area (Å²) in [7, 11) is 0. The zero-order valence-corrected chi connectivity index (χ0v) is 16.2. The Morgan fingerprint density at radius 3 is 2.92 bits per heavy atom. The van der Waals surface area contributed by atoms with Crippen LogP contribution in [0.2, 0.25) is 0 Å². The molecule has 2 saturated heterocycles. The minimum Gasteiger partial charge on any atom is -0.371 e. The van der Waals surface area contributed by atoms with Crippen LogP contribution in [-0.2, 0) is 11.3 Å². The van der Waals surface area contributed by atoms with Crippen molar-refractivity contribution in [3.8, 4) is 0 Å². The number of amides is 1. The Hall–Kier alpha value is -1.37. The molecule has 1 spiro atoms. The van der Waals surface area contributed by atoms with E-state index in [4.69, 9.17) is 4.74 Å². The Kier molecular flexibility index (Phi) is 4.60. The van der Waals surface area contributed by atoms with Crippen LogP contribution >= 0.6 is 23.1 Å². The third-order valence-corrected chi connectivity index (χ3v) is 7.71. The van der Waals surface area contributed by atoms with E-state index in [1.54, 1.807) is 17.5 Å². The number of carbonyl (C=O) groups is 1. The second-order valence-electron chi connectivity index (χ2n) is 6.96. The summed E-state index contributed by atoms with van der Waals surface area (Å²) in [6, 6.07) is 7.92. The minimum absolute atomic E-state index is 0.185. The number of nitrogens with zero attached hydrogens (tertiary/aromatic N) is 2. The number of likely N-dealkylation sites (tertiary alicyclic amines) is 1. The van der Waals surface area contributed by atoms with Crippen molar-refractivity contribution < 1.29 is 9.53 Å². The van der Waals surface area contributed by atoms with Gasteiger partial charge in [0, 0.05) is 29.9 Å². The maximum absolute atomic E-state index is 12.6. The van der Waals surface area contributed by atoms with Gasteiger partial charge in [-0.2, -0.15) is 0 Å². The highest BCUT2D eigenvalue weighted by atomic mass is 32.2. The molecule has 0 aromatic carbocycles. The highest BCUT2D eigenvalue weighted by molar-refractivity contribution is 8.01. The van der Waals surface area contributed by atoms with E-state index in [9.17, 15) is 4.79 Å². The predicted octanol–water partition coefficient (Wildman–Crippen LogP) is 3.68. The molecule has 2 fully saturated rings. The largest absolute Gasteiger partial charge is 0.371 e. The van der Waals surface area contributed by atoms with Crippen LogP contribution in [0.4, 0.5) is 0 Å². The van der Waals surface area contributed by atoms with Crippen LogP contribution in [0.5, 0.6) is 0 Å². The monoisotopic (exact) mass is 374 g/mol. The Labute approximate surface area is 156 Å². The van der Waals surface area contributed by atoms with E-state index < -0.39 is 0 Å². The molecule has 0 aliphatic carbocycles. The van der Waals surface area contributed by atoms with Gasteiger partial charge in [0.1, 0.15) is 0 Å². The summed E-state index contributed by atoms with van der Waals surface area (Å²) < 4.78 is 6.24. The van der Waals surface area contributed by atoms with E-state index in [0.29, 0.717) is 6.61 Å². The number of thiophene rings is 1. The highest BCUT2D eigenvalue weighted by Crippen LogP contribution is 2.46. The molecule has 1 amide bonds. The molecule has 0 unspecified atom stereocenters. The SMILES string of the molecule is Cc1cc(C(=O)N2CC3(C[C@@H](OCc4ccccn4)CS3)C2)sc1C. The van der Waals surface area contributed by atoms with Gasteiger partial charge in [-0.1, -0.05) is 6.07 Å². The average molecular weight is 375 g/mol. The molecular formula is C19H22N2O2S2. The fraction of sp³-hybridized carbons (Fsp3) is 0.474. The number of thioether (sulfide) groups is 1. The van der Waals surface area contributed by atoms with Crippen molar-refractivity contribution >= 4 is 29.0 Å². The van der Waals surface area contributed by atoms with Crippen molar-refractivity contribution in [2.75, 3.05) is 18.8 Å². The molecule has 2 aliphatic heterocycles. The molecule has 4 rings (SSSR count). The first kappa shape index (κ1) is 17.1. The molecule has 0 bridgehead atoms. The van der Waals surface area contributed by atoms with Crippen molar-refractivity contribution in [3.05, 3.63) is 51.5 Å². The van der Waals surface area contributed by atoms with Crippen molar-refractivity contribution in [1.29, 1.82) is 0 Å². The lowest BCUT2D eigenvalue weighted by molar-refractivity contribution is 0.0247. The van der Waals surface area contributed by atoms with Crippen LogP contribution < -0.4 is 0 Å². The normalized spacial score (nSPS) is 21.5. The molecule has 25 heavy (non-hydrogen) atoms. The van der Waals surface area contributed by atoms with Gasteiger partial charge in [0.25, 0.3) is 5.91 Å². The number of aryl methyl sites for hydroxylation is 2. The lowest BCUT2D eigenvalue weighted by atomic mass is 9.92. The van der Waals surface area contributed by atoms with Gasteiger partial charge < -0.3 is 9.64 Å². The van der Waals surface area contributed by atoms with E-state index in [1.807, 2.05) is 40.9 Å². The summed E-state index contributed by atoms with van der Waals surface area (Å²) in [5.74, 6) is 1.19. The summed E-state index contributed by atoms with van der Waals surface area (Å²) >= 11 is 3.57. The molecular weight excluding hydrogens is 352 g/mol. The topological polar surface area (TPSA) is 42.4 Å². The molecule has 4 heterocycles. The van der Waals surface area contributed by atoms with Gasteiger partial charge in [-0.3, -0.25) is 9.78 Å². The average Bonchev–Trinajstić information content (AvgIpc) is 3.16. The summed E-state index contributed by atoms with van der Waals surface area (Å²) in [5.41, 5.74) is 2.18. The first-order valence-electron chi connectivity index (χ1n) is 8.56. The van der Waals surface area contributed by atoms with Gasteiger partial charge >= 0.3 is 0 Å². The van der Waals surface area contributed by atoms with Crippen LogP contribution in [0.1, 0.15) is 32.2 Å². The van der Waals surface area contributed by atoms with Crippen LogP contribution in [-0.4, -0.2) is 45.5 Å². The summed E-state index contributed by atoms with van der Waals surface area (Å²) in [4.78, 5) is 21.0. The van der Waals surface area contributed by atoms with Crippen molar-refractivity contribution in [1.82, 2.24) is 9.88 Å². The zero-order chi connectivity index (χ0) is 17.4. The third-order valence-electron chi connectivity index (χ3n) is 4.99. The van der Waals surface area contributed by atoms with Crippen LogP contribution in [0.15, 0.2) is 30.5 Å². The molecule has 132 valence electrons. The summed E-state index contributed by atoms with van der Waals surface area (Å²) in [6.07, 6.45) is 3.08. The number of ether oxygens (including phenoxy) is 1. The fourth-order valence-corrected chi connectivity index (χ4v) is 6.00. The Morgan fingerprint density at radius 2 is 2.24 bits per heavy atom. The molecule has 2 aromatic rings. The lowest BCUT2D eigenvalue weighted by Crippen LogP contribution is -2.60. The van der Waals surface area contributed by atoms with Crippen molar-refractivity contribution in [2.24, 2.45) is 0 Å². The molecule has 6 heteroatoms. The van der Waals surface area contributed by atoms with E-state index in [-0.39, 0.29) is 16.8 Å². The second-order valence-corrected chi connectivity index (χ2v) is 9.71. The first-order valence-corrected chi connectivity index (χ1v) is 10.4.